The number of aryl methyl sites for hydroxylation is 2. The summed E-state index contributed by atoms with van der Waals surface area (Å²) in [6.45, 7) is 7.69. The van der Waals surface area contributed by atoms with Gasteiger partial charge in [0, 0.05) is 23.9 Å². The van der Waals surface area contributed by atoms with Crippen LogP contribution in [-0.4, -0.2) is 32.2 Å². The number of guanidine groups is 1. The van der Waals surface area contributed by atoms with Gasteiger partial charge in [-0.05, 0) is 38.0 Å². The minimum atomic E-state index is -3.19. The largest absolute Gasteiger partial charge is 0.357 e. The van der Waals surface area contributed by atoms with Crippen LogP contribution in [0, 0.1) is 13.8 Å². The van der Waals surface area contributed by atoms with Crippen LogP contribution in [0.5, 0.6) is 0 Å². The molecule has 8 heteroatoms. The molecule has 1 aromatic carbocycles. The highest BCUT2D eigenvalue weighted by Gasteiger charge is 2.10. The smallest absolute Gasteiger partial charge is 0.191 e. The second kappa shape index (κ2) is 8.44. The zero-order valence-corrected chi connectivity index (χ0v) is 16.6. The second-order valence-electron chi connectivity index (χ2n) is 5.79. The molecule has 0 unspecified atom stereocenters. The van der Waals surface area contributed by atoms with Crippen LogP contribution in [0.1, 0.15) is 27.9 Å². The lowest BCUT2D eigenvalue weighted by atomic mass is 10.1. The average molecular weight is 381 g/mol. The van der Waals surface area contributed by atoms with Gasteiger partial charge >= 0.3 is 0 Å². The van der Waals surface area contributed by atoms with Crippen LogP contribution in [0.25, 0.3) is 0 Å². The van der Waals surface area contributed by atoms with Crippen molar-refractivity contribution in [2.75, 3.05) is 12.8 Å². The maximum absolute atomic E-state index is 11.7. The predicted molar refractivity (Wildman–Crippen MR) is 103 cm³/mol. The van der Waals surface area contributed by atoms with Crippen LogP contribution in [0.4, 0.5) is 0 Å². The van der Waals surface area contributed by atoms with Gasteiger partial charge in [-0.3, -0.25) is 0 Å². The van der Waals surface area contributed by atoms with E-state index in [4.69, 9.17) is 0 Å². The molecule has 0 aliphatic carbocycles. The molecular weight excluding hydrogens is 356 g/mol. The van der Waals surface area contributed by atoms with Gasteiger partial charge < -0.3 is 10.6 Å². The summed E-state index contributed by atoms with van der Waals surface area (Å²) in [5.41, 5.74) is 1.71. The SMILES string of the molecule is CCNC(=NCc1ccc(S(C)(=O)=O)c(C)c1)NCc1ncc(C)s1. The number of thiazole rings is 1. The minimum absolute atomic E-state index is 0.365. The Bertz CT molecular complexity index is 857. The molecule has 0 saturated carbocycles. The number of hydrogen-bond donors (Lipinski definition) is 2. The Kier molecular flexibility index (Phi) is 6.55. The fraction of sp³-hybridized carbons (Fsp3) is 0.412. The van der Waals surface area contributed by atoms with Crippen LogP contribution in [0.15, 0.2) is 34.3 Å². The van der Waals surface area contributed by atoms with Gasteiger partial charge in [0.25, 0.3) is 0 Å². The van der Waals surface area contributed by atoms with E-state index in [2.05, 4.69) is 20.6 Å². The lowest BCUT2D eigenvalue weighted by Gasteiger charge is -2.11. The van der Waals surface area contributed by atoms with E-state index in [0.717, 1.165) is 22.7 Å². The first kappa shape index (κ1) is 19.4. The maximum Gasteiger partial charge on any atom is 0.191 e. The predicted octanol–water partition coefficient (Wildman–Crippen LogP) is 2.42. The highest BCUT2D eigenvalue weighted by molar-refractivity contribution is 7.90. The third-order valence-electron chi connectivity index (χ3n) is 3.48. The van der Waals surface area contributed by atoms with E-state index in [-0.39, 0.29) is 0 Å². The van der Waals surface area contributed by atoms with E-state index in [1.807, 2.05) is 26.1 Å². The number of rotatable bonds is 6. The standard InChI is InChI=1S/C17H24N4O2S2/c1-5-18-17(21-11-16-19-9-13(3)24-16)20-10-14-6-7-15(12(2)8-14)25(4,22)23/h6-9H,5,10-11H2,1-4H3,(H2,18,20,21). The zero-order valence-electron chi connectivity index (χ0n) is 15.0. The number of sulfone groups is 1. The molecule has 1 heterocycles. The summed E-state index contributed by atoms with van der Waals surface area (Å²) in [5, 5.41) is 7.47. The molecule has 136 valence electrons. The van der Waals surface area contributed by atoms with Crippen LogP contribution in [-0.2, 0) is 22.9 Å². The first-order chi connectivity index (χ1) is 11.8. The van der Waals surface area contributed by atoms with Crippen molar-refractivity contribution in [1.29, 1.82) is 0 Å². The molecule has 0 fully saturated rings. The van der Waals surface area contributed by atoms with E-state index in [9.17, 15) is 8.42 Å². The molecule has 0 aliphatic heterocycles. The van der Waals surface area contributed by atoms with Gasteiger partial charge in [-0.25, -0.2) is 18.4 Å². The van der Waals surface area contributed by atoms with E-state index >= 15 is 0 Å². The molecule has 25 heavy (non-hydrogen) atoms. The van der Waals surface area contributed by atoms with Crippen molar-refractivity contribution < 1.29 is 8.42 Å². The van der Waals surface area contributed by atoms with Crippen molar-refractivity contribution in [3.8, 4) is 0 Å². The van der Waals surface area contributed by atoms with Gasteiger partial charge in [-0.15, -0.1) is 11.3 Å². The summed E-state index contributed by atoms with van der Waals surface area (Å²) < 4.78 is 23.4. The molecule has 2 aromatic rings. The highest BCUT2D eigenvalue weighted by atomic mass is 32.2. The van der Waals surface area contributed by atoms with Crippen LogP contribution < -0.4 is 10.6 Å². The fourth-order valence-corrected chi connectivity index (χ4v) is 4.07. The highest BCUT2D eigenvalue weighted by Crippen LogP contribution is 2.17. The third-order valence-corrected chi connectivity index (χ3v) is 5.65. The van der Waals surface area contributed by atoms with Crippen molar-refractivity contribution >= 4 is 27.1 Å². The Labute approximate surface area is 153 Å². The van der Waals surface area contributed by atoms with Gasteiger partial charge in [-0.1, -0.05) is 12.1 Å². The Morgan fingerprint density at radius 2 is 2.04 bits per heavy atom. The lowest BCUT2D eigenvalue weighted by Crippen LogP contribution is -2.36. The number of aliphatic imine (C=N–C) groups is 1. The summed E-state index contributed by atoms with van der Waals surface area (Å²) in [4.78, 5) is 10.4. The fourth-order valence-electron chi connectivity index (χ4n) is 2.38. The molecule has 0 atom stereocenters. The van der Waals surface area contributed by atoms with E-state index in [0.29, 0.717) is 23.9 Å². The summed E-state index contributed by atoms with van der Waals surface area (Å²) >= 11 is 1.65. The van der Waals surface area contributed by atoms with E-state index in [1.54, 1.807) is 30.4 Å². The number of nitrogens with zero attached hydrogens (tertiary/aromatic N) is 2. The average Bonchev–Trinajstić information content (AvgIpc) is 2.94. The molecule has 6 nitrogen and oxygen atoms in total. The van der Waals surface area contributed by atoms with Crippen molar-refractivity contribution in [1.82, 2.24) is 15.6 Å². The van der Waals surface area contributed by atoms with Crippen molar-refractivity contribution in [2.24, 2.45) is 4.99 Å². The Morgan fingerprint density at radius 3 is 2.60 bits per heavy atom. The van der Waals surface area contributed by atoms with Crippen LogP contribution in [0.3, 0.4) is 0 Å². The van der Waals surface area contributed by atoms with Gasteiger partial charge in [0.05, 0.1) is 18.0 Å². The molecular formula is C17H24N4O2S2. The van der Waals surface area contributed by atoms with Crippen molar-refractivity contribution in [3.63, 3.8) is 0 Å². The molecule has 0 aliphatic rings. The maximum atomic E-state index is 11.7. The minimum Gasteiger partial charge on any atom is -0.357 e. The topological polar surface area (TPSA) is 83.5 Å². The lowest BCUT2D eigenvalue weighted by molar-refractivity contribution is 0.601. The molecule has 0 bridgehead atoms. The van der Waals surface area contributed by atoms with E-state index < -0.39 is 9.84 Å². The molecule has 0 spiro atoms. The first-order valence-electron chi connectivity index (χ1n) is 8.02. The summed E-state index contributed by atoms with van der Waals surface area (Å²) in [7, 11) is -3.19. The Balaban J connectivity index is 2.06. The summed E-state index contributed by atoms with van der Waals surface area (Å²) in [5.74, 6) is 0.709. The molecule has 2 N–H and O–H groups in total. The van der Waals surface area contributed by atoms with Gasteiger partial charge in [-0.2, -0.15) is 0 Å². The van der Waals surface area contributed by atoms with Gasteiger partial charge in [0.15, 0.2) is 15.8 Å². The summed E-state index contributed by atoms with van der Waals surface area (Å²) in [6.07, 6.45) is 3.08. The van der Waals surface area contributed by atoms with Crippen LogP contribution in [0.2, 0.25) is 0 Å². The molecule has 0 radical (unpaired) electrons. The first-order valence-corrected chi connectivity index (χ1v) is 10.7. The normalized spacial score (nSPS) is 12.2. The molecule has 2 rings (SSSR count). The monoisotopic (exact) mass is 380 g/mol. The quantitative estimate of drug-likeness (QED) is 0.594. The Morgan fingerprint density at radius 1 is 1.28 bits per heavy atom. The second-order valence-corrected chi connectivity index (χ2v) is 9.09. The summed E-state index contributed by atoms with van der Waals surface area (Å²) in [6, 6.07) is 5.32. The molecule has 1 aromatic heterocycles. The number of aromatic nitrogens is 1. The Hall–Kier alpha value is -1.93. The van der Waals surface area contributed by atoms with Gasteiger partial charge in [0.2, 0.25) is 0 Å². The third kappa shape index (κ3) is 5.82. The molecule has 0 saturated heterocycles. The molecule has 0 amide bonds. The number of nitrogens with one attached hydrogen (secondary N) is 2. The van der Waals surface area contributed by atoms with Crippen LogP contribution >= 0.6 is 11.3 Å². The van der Waals surface area contributed by atoms with Crippen molar-refractivity contribution in [3.05, 3.63) is 45.4 Å². The zero-order chi connectivity index (χ0) is 18.4. The number of benzene rings is 1. The van der Waals surface area contributed by atoms with Gasteiger partial charge in [0.1, 0.15) is 5.01 Å². The van der Waals surface area contributed by atoms with E-state index in [1.165, 1.54) is 11.1 Å². The van der Waals surface area contributed by atoms with Crippen molar-refractivity contribution in [2.45, 2.75) is 38.8 Å². The number of hydrogen-bond acceptors (Lipinski definition) is 5.